The molecule has 0 aliphatic carbocycles. The zero-order valence-electron chi connectivity index (χ0n) is 16.2. The van der Waals surface area contributed by atoms with Gasteiger partial charge in [-0.1, -0.05) is 19.1 Å². The Morgan fingerprint density at radius 2 is 2.10 bits per heavy atom. The molecule has 1 atom stereocenters. The Labute approximate surface area is 177 Å². The van der Waals surface area contributed by atoms with Gasteiger partial charge in [0.25, 0.3) is 0 Å². The van der Waals surface area contributed by atoms with Gasteiger partial charge >= 0.3 is 0 Å². The van der Waals surface area contributed by atoms with Crippen LogP contribution < -0.4 is 5.32 Å². The Balaban J connectivity index is 1.60. The number of amides is 1. The highest BCUT2D eigenvalue weighted by atomic mass is 32.2. The molecular weight excluding hydrogens is 408 g/mol. The lowest BCUT2D eigenvalue weighted by atomic mass is 10.2. The lowest BCUT2D eigenvalue weighted by Crippen LogP contribution is -2.13. The molecule has 2 aromatic carbocycles. The van der Waals surface area contributed by atoms with Gasteiger partial charge in [0.2, 0.25) is 5.91 Å². The molecule has 0 aliphatic heterocycles. The molecule has 0 saturated carbocycles. The van der Waals surface area contributed by atoms with Crippen LogP contribution in [-0.4, -0.2) is 16.1 Å². The lowest BCUT2D eigenvalue weighted by Gasteiger charge is -2.13. The topological polar surface area (TPSA) is 78.9 Å². The molecule has 8 heteroatoms. The summed E-state index contributed by atoms with van der Waals surface area (Å²) < 4.78 is 32.4. The Morgan fingerprint density at radius 3 is 2.87 bits per heavy atom. The van der Waals surface area contributed by atoms with E-state index in [1.807, 2.05) is 25.1 Å². The molecule has 1 amide bonds. The molecule has 0 saturated heterocycles. The van der Waals surface area contributed by atoms with Crippen LogP contribution in [0.4, 0.5) is 14.5 Å². The first-order chi connectivity index (χ1) is 14.5. The molecular formula is C22H19F2N3O2S. The van der Waals surface area contributed by atoms with Crippen molar-refractivity contribution in [1.82, 2.24) is 4.98 Å². The number of aryl methyl sites for hydroxylation is 1. The second-order valence-corrected chi connectivity index (χ2v) is 8.06. The summed E-state index contributed by atoms with van der Waals surface area (Å²) in [6, 6.07) is 12.7. The van der Waals surface area contributed by atoms with E-state index in [1.54, 1.807) is 6.07 Å². The van der Waals surface area contributed by atoms with E-state index < -0.39 is 11.6 Å². The zero-order valence-corrected chi connectivity index (χ0v) is 17.0. The number of carbonyl (C=O) groups is 1. The van der Waals surface area contributed by atoms with E-state index in [-0.39, 0.29) is 41.2 Å². The van der Waals surface area contributed by atoms with Gasteiger partial charge in [-0.3, -0.25) is 4.79 Å². The number of anilines is 1. The van der Waals surface area contributed by atoms with Crippen molar-refractivity contribution in [2.75, 3.05) is 5.32 Å². The van der Waals surface area contributed by atoms with Crippen LogP contribution in [0.2, 0.25) is 0 Å². The SMILES string of the molecule is CC(CC#N)Sc1ccccc1NC(=O)CCc1ncc(-c2ccc(F)cc2F)o1. The number of benzene rings is 2. The average molecular weight is 427 g/mol. The number of aromatic nitrogens is 1. The maximum absolute atomic E-state index is 13.9. The molecule has 1 N–H and O–H groups in total. The van der Waals surface area contributed by atoms with Crippen molar-refractivity contribution in [1.29, 1.82) is 5.26 Å². The third kappa shape index (κ3) is 5.67. The van der Waals surface area contributed by atoms with E-state index >= 15 is 0 Å². The number of thioether (sulfide) groups is 1. The van der Waals surface area contributed by atoms with Crippen molar-refractivity contribution in [3.8, 4) is 17.4 Å². The standard InChI is InChI=1S/C22H19F2N3O2S/c1-14(10-11-25)30-20-5-3-2-4-18(20)27-21(28)8-9-22-26-13-19(29-22)16-7-6-15(23)12-17(16)24/h2-7,12-14H,8-10H2,1H3,(H,27,28). The number of halogens is 2. The normalized spacial score (nSPS) is 11.7. The van der Waals surface area contributed by atoms with Gasteiger partial charge in [-0.15, -0.1) is 11.8 Å². The van der Waals surface area contributed by atoms with Crippen molar-refractivity contribution in [3.63, 3.8) is 0 Å². The predicted molar refractivity (Wildman–Crippen MR) is 111 cm³/mol. The average Bonchev–Trinajstić information content (AvgIpc) is 3.17. The van der Waals surface area contributed by atoms with E-state index in [0.29, 0.717) is 12.1 Å². The Hall–Kier alpha value is -3.18. The largest absolute Gasteiger partial charge is 0.441 e. The molecule has 154 valence electrons. The maximum Gasteiger partial charge on any atom is 0.224 e. The van der Waals surface area contributed by atoms with Crippen LogP contribution in [0.15, 0.2) is 58.0 Å². The lowest BCUT2D eigenvalue weighted by molar-refractivity contribution is -0.116. The van der Waals surface area contributed by atoms with E-state index in [0.717, 1.165) is 17.0 Å². The van der Waals surface area contributed by atoms with Crippen molar-refractivity contribution in [2.45, 2.75) is 36.3 Å². The van der Waals surface area contributed by atoms with Crippen molar-refractivity contribution < 1.29 is 18.0 Å². The van der Waals surface area contributed by atoms with E-state index in [9.17, 15) is 13.6 Å². The first-order valence-electron chi connectivity index (χ1n) is 9.29. The summed E-state index contributed by atoms with van der Waals surface area (Å²) in [6.07, 6.45) is 2.12. The summed E-state index contributed by atoms with van der Waals surface area (Å²) in [6.45, 7) is 1.95. The van der Waals surface area contributed by atoms with Gasteiger partial charge in [0, 0.05) is 35.5 Å². The summed E-state index contributed by atoms with van der Waals surface area (Å²) in [4.78, 5) is 17.3. The number of oxazole rings is 1. The number of hydrogen-bond donors (Lipinski definition) is 1. The molecule has 0 radical (unpaired) electrons. The number of hydrogen-bond acceptors (Lipinski definition) is 5. The van der Waals surface area contributed by atoms with Crippen LogP contribution >= 0.6 is 11.8 Å². The third-order valence-electron chi connectivity index (χ3n) is 4.18. The summed E-state index contributed by atoms with van der Waals surface area (Å²) in [5.74, 6) is -1.17. The molecule has 1 aromatic heterocycles. The fraction of sp³-hybridized carbons (Fsp3) is 0.227. The zero-order chi connectivity index (χ0) is 21.5. The number of rotatable bonds is 8. The molecule has 0 aliphatic rings. The van der Waals surface area contributed by atoms with Crippen LogP contribution in [0.3, 0.4) is 0 Å². The minimum Gasteiger partial charge on any atom is -0.441 e. The molecule has 0 bridgehead atoms. The minimum atomic E-state index is -0.741. The molecule has 3 aromatic rings. The Kier molecular flexibility index (Phi) is 7.20. The number of carbonyl (C=O) groups excluding carboxylic acids is 1. The number of nitriles is 1. The predicted octanol–water partition coefficient (Wildman–Crippen LogP) is 5.59. The highest BCUT2D eigenvalue weighted by Gasteiger charge is 2.14. The van der Waals surface area contributed by atoms with Crippen LogP contribution in [-0.2, 0) is 11.2 Å². The molecule has 0 spiro atoms. The van der Waals surface area contributed by atoms with Gasteiger partial charge in [-0.05, 0) is 24.3 Å². The maximum atomic E-state index is 13.9. The highest BCUT2D eigenvalue weighted by molar-refractivity contribution is 8.00. The van der Waals surface area contributed by atoms with Crippen molar-refractivity contribution in [2.24, 2.45) is 0 Å². The van der Waals surface area contributed by atoms with Gasteiger partial charge in [-0.2, -0.15) is 5.26 Å². The number of nitrogens with zero attached hydrogens (tertiary/aromatic N) is 2. The summed E-state index contributed by atoms with van der Waals surface area (Å²) in [7, 11) is 0. The van der Waals surface area contributed by atoms with E-state index in [1.165, 1.54) is 24.0 Å². The van der Waals surface area contributed by atoms with Crippen LogP contribution in [0, 0.1) is 23.0 Å². The smallest absolute Gasteiger partial charge is 0.224 e. The second-order valence-electron chi connectivity index (χ2n) is 6.58. The molecule has 30 heavy (non-hydrogen) atoms. The first-order valence-corrected chi connectivity index (χ1v) is 10.2. The van der Waals surface area contributed by atoms with E-state index in [2.05, 4.69) is 16.4 Å². The van der Waals surface area contributed by atoms with Gasteiger partial charge in [-0.25, -0.2) is 13.8 Å². The fourth-order valence-corrected chi connectivity index (χ4v) is 3.73. The Bertz CT molecular complexity index is 1080. The summed E-state index contributed by atoms with van der Waals surface area (Å²) >= 11 is 1.52. The van der Waals surface area contributed by atoms with Crippen LogP contribution in [0.1, 0.15) is 25.7 Å². The van der Waals surface area contributed by atoms with Crippen molar-refractivity contribution in [3.05, 3.63) is 66.2 Å². The van der Waals surface area contributed by atoms with Gasteiger partial charge < -0.3 is 9.73 Å². The van der Waals surface area contributed by atoms with Gasteiger partial charge in [0.05, 0.1) is 23.5 Å². The summed E-state index contributed by atoms with van der Waals surface area (Å²) in [5.41, 5.74) is 0.788. The molecule has 1 unspecified atom stereocenters. The van der Waals surface area contributed by atoms with Crippen LogP contribution in [0.25, 0.3) is 11.3 Å². The fourth-order valence-electron chi connectivity index (χ4n) is 2.73. The third-order valence-corrected chi connectivity index (χ3v) is 5.36. The number of para-hydroxylation sites is 1. The van der Waals surface area contributed by atoms with Crippen LogP contribution in [0.5, 0.6) is 0 Å². The van der Waals surface area contributed by atoms with E-state index in [4.69, 9.17) is 9.68 Å². The number of nitrogens with one attached hydrogen (secondary N) is 1. The van der Waals surface area contributed by atoms with Crippen molar-refractivity contribution >= 4 is 23.4 Å². The minimum absolute atomic E-state index is 0.102. The highest BCUT2D eigenvalue weighted by Crippen LogP contribution is 2.31. The first kappa shape index (κ1) is 21.5. The van der Waals surface area contributed by atoms with Gasteiger partial charge in [0.15, 0.2) is 11.7 Å². The quantitative estimate of drug-likeness (QED) is 0.475. The monoisotopic (exact) mass is 427 g/mol. The Morgan fingerprint density at radius 1 is 1.30 bits per heavy atom. The molecule has 3 rings (SSSR count). The molecule has 5 nitrogen and oxygen atoms in total. The second kappa shape index (κ2) is 10.0. The molecule has 1 heterocycles. The van der Waals surface area contributed by atoms with Gasteiger partial charge in [0.1, 0.15) is 11.6 Å². The summed E-state index contributed by atoms with van der Waals surface area (Å²) in [5, 5.41) is 11.8. The molecule has 0 fully saturated rings.